The summed E-state index contributed by atoms with van der Waals surface area (Å²) in [5, 5.41) is 11.1. The van der Waals surface area contributed by atoms with E-state index in [0.717, 1.165) is 51.4 Å². The molecule has 47 heavy (non-hydrogen) atoms. The Hall–Kier alpha value is -2.04. The van der Waals surface area contributed by atoms with E-state index in [1.54, 1.807) is 20.6 Å². The summed E-state index contributed by atoms with van der Waals surface area (Å²) < 4.78 is 14.8. The summed E-state index contributed by atoms with van der Waals surface area (Å²) in [6, 6.07) is -2.71. The predicted molar refractivity (Wildman–Crippen MR) is 171 cm³/mol. The largest absolute Gasteiger partial charge is 2.00 e. The molecule has 4 N–H and O–H groups in total. The molecule has 14 heteroatoms. The van der Waals surface area contributed by atoms with E-state index in [0.29, 0.717) is 18.4 Å². The number of fused-ring (bicyclic) bond motifs is 1. The average molecular weight is 888 g/mol. The second kappa shape index (κ2) is 18.1. The quantitative estimate of drug-likeness (QED) is 0.244. The normalized spacial score (nSPS) is 27.8. The van der Waals surface area contributed by atoms with E-state index in [2.05, 4.69) is 32.9 Å². The minimum Gasteiger partial charge on any atom is -0.552 e. The molecular formula is C33H55N5O8U. The van der Waals surface area contributed by atoms with Crippen LogP contribution < -0.4 is 21.3 Å². The first-order valence-corrected chi connectivity index (χ1v) is 16.6. The fraction of sp³-hybridized carbons (Fsp3) is 0.788. The molecule has 0 spiro atoms. The van der Waals surface area contributed by atoms with Crippen LogP contribution in [0.1, 0.15) is 85.5 Å². The van der Waals surface area contributed by atoms with Crippen molar-refractivity contribution in [2.24, 2.45) is 23.2 Å². The number of rotatable bonds is 10. The van der Waals surface area contributed by atoms with Gasteiger partial charge in [0.1, 0.15) is 17.6 Å². The van der Waals surface area contributed by atoms with Gasteiger partial charge in [0, 0.05) is 13.0 Å². The molecule has 0 radical (unpaired) electrons. The molecule has 4 aliphatic rings. The number of carbonyl (C=O) groups excluding carboxylic acids is 5. The Morgan fingerprint density at radius 2 is 1.53 bits per heavy atom. The maximum Gasteiger partial charge on any atom is 2.00 e. The summed E-state index contributed by atoms with van der Waals surface area (Å²) in [6.45, 7) is 13.1. The summed E-state index contributed by atoms with van der Waals surface area (Å²) in [6.07, 6.45) is 6.06. The van der Waals surface area contributed by atoms with Crippen LogP contribution in [0.15, 0.2) is 0 Å². The number of nitrogens with zero attached hydrogens (tertiary/aromatic N) is 1. The van der Waals surface area contributed by atoms with Crippen LogP contribution in [-0.2, 0) is 28.6 Å². The van der Waals surface area contributed by atoms with E-state index in [1.165, 1.54) is 14.2 Å². The third-order valence-electron chi connectivity index (χ3n) is 9.95. The minimum atomic E-state index is -1.51. The monoisotopic (exact) mass is 887 g/mol. The summed E-state index contributed by atoms with van der Waals surface area (Å²) in [4.78, 5) is 68.1. The zero-order chi connectivity index (χ0) is 34.2. The summed E-state index contributed by atoms with van der Waals surface area (Å²) in [7, 11) is 3.97. The topological polar surface area (TPSA) is 164 Å². The molecule has 0 aromatic carbocycles. The molecule has 0 aromatic heterocycles. The molecule has 4 fully saturated rings. The van der Waals surface area contributed by atoms with Gasteiger partial charge in [-0.05, 0) is 49.5 Å². The van der Waals surface area contributed by atoms with Crippen LogP contribution in [0.25, 0.3) is 0 Å². The van der Waals surface area contributed by atoms with E-state index < -0.39 is 53.1 Å². The van der Waals surface area contributed by atoms with Gasteiger partial charge in [0.05, 0.1) is 20.3 Å². The van der Waals surface area contributed by atoms with Crippen molar-refractivity contribution >= 4 is 29.9 Å². The van der Waals surface area contributed by atoms with Gasteiger partial charge in [0.2, 0.25) is 17.7 Å². The molecule has 264 valence electrons. The average Bonchev–Trinajstić information content (AvgIpc) is 3.34. The van der Waals surface area contributed by atoms with Gasteiger partial charge >= 0.3 is 43.3 Å². The first-order chi connectivity index (χ1) is 21.9. The molecule has 4 unspecified atom stereocenters. The number of likely N-dealkylation sites (tertiary alicyclic amines) is 1. The number of amides is 5. The zero-order valence-electron chi connectivity index (χ0n) is 29.1. The molecule has 1 heterocycles. The first-order valence-electron chi connectivity index (χ1n) is 16.6. The fourth-order valence-corrected chi connectivity index (χ4v) is 7.40. The second-order valence-corrected chi connectivity index (χ2v) is 13.8. The predicted octanol–water partition coefficient (Wildman–Crippen LogP) is 3.08. The molecule has 13 nitrogen and oxygen atoms in total. The number of carbonyl (C=O) groups is 5. The molecule has 3 aliphatic carbocycles. The van der Waals surface area contributed by atoms with Crippen molar-refractivity contribution in [2.45, 2.75) is 115 Å². The molecular weight excluding hydrogens is 832 g/mol. The van der Waals surface area contributed by atoms with Crippen LogP contribution in [0, 0.1) is 67.8 Å². The first kappa shape index (κ1) is 41.1. The Balaban J connectivity index is 0.00000251. The number of alkyl carbamates (subject to hydrolysis) is 2. The number of ether oxygens (including phenoxy) is 3. The van der Waals surface area contributed by atoms with Crippen molar-refractivity contribution in [3.63, 3.8) is 0 Å². The van der Waals surface area contributed by atoms with Gasteiger partial charge in [-0.1, -0.05) is 58.9 Å². The van der Waals surface area contributed by atoms with Gasteiger partial charge in [-0.25, -0.2) is 9.59 Å². The van der Waals surface area contributed by atoms with E-state index in [1.807, 2.05) is 25.7 Å². The van der Waals surface area contributed by atoms with Crippen LogP contribution in [0.2, 0.25) is 0 Å². The van der Waals surface area contributed by atoms with Crippen LogP contribution in [-0.4, -0.2) is 92.4 Å². The summed E-state index contributed by atoms with van der Waals surface area (Å²) in [5.74, 6) is -0.643. The Morgan fingerprint density at radius 3 is 2.11 bits per heavy atom. The third-order valence-corrected chi connectivity index (χ3v) is 9.95. The number of hydrogen-bond acceptors (Lipinski definition) is 8. The molecule has 1 aliphatic heterocycles. The molecule has 3 saturated carbocycles. The van der Waals surface area contributed by atoms with Gasteiger partial charge in [-0.3, -0.25) is 14.4 Å². The molecule has 0 aromatic rings. The Bertz CT molecular complexity index is 1100. The van der Waals surface area contributed by atoms with Crippen molar-refractivity contribution in [2.75, 3.05) is 27.9 Å². The van der Waals surface area contributed by atoms with E-state index >= 15 is 0 Å². The fourth-order valence-electron chi connectivity index (χ4n) is 7.40. The van der Waals surface area contributed by atoms with Crippen molar-refractivity contribution in [3.8, 4) is 0 Å². The second-order valence-electron chi connectivity index (χ2n) is 13.8. The summed E-state index contributed by atoms with van der Waals surface area (Å²) >= 11 is 0. The molecule has 7 atom stereocenters. The van der Waals surface area contributed by atoms with Crippen molar-refractivity contribution in [1.82, 2.24) is 26.2 Å². The Kier molecular flexibility index (Phi) is 15.8. The maximum atomic E-state index is 14.2. The third kappa shape index (κ3) is 9.78. The van der Waals surface area contributed by atoms with Gasteiger partial charge < -0.3 is 47.3 Å². The van der Waals surface area contributed by atoms with Gasteiger partial charge in [-0.15, -0.1) is 0 Å². The van der Waals surface area contributed by atoms with Gasteiger partial charge in [0.15, 0.2) is 0 Å². The number of methoxy groups -OCH3 is 3. The van der Waals surface area contributed by atoms with Crippen LogP contribution in [0.3, 0.4) is 0 Å². The van der Waals surface area contributed by atoms with Gasteiger partial charge in [-0.2, -0.15) is 13.5 Å². The van der Waals surface area contributed by atoms with Crippen LogP contribution in [0.4, 0.5) is 9.59 Å². The molecule has 1 saturated heterocycles. The zero-order valence-corrected chi connectivity index (χ0v) is 33.3. The standard InChI is InChI=1S/C31H50N5O8.C2H5.U/c1-30(2,3)24(26(38)36-16-19-13-10-14-20(19)21(36)17-42-4)34-25(37)23(18-11-8-7-9-12-18)33-27(39)31(35-29(41)44-6)15-22(31)32-28(40)43-5;1-2;/h17-24H,7-16H2,1-6H3,(H,32,40)(H,33,39)(H,34,37)(H,35,41);1H2,2H3;/q2*-1;+2/t19?,20-,21+,22?,23-,24?,31?;;/m0../s1. The smallest absolute Gasteiger partial charge is 0.552 e. The van der Waals surface area contributed by atoms with E-state index in [-0.39, 0.29) is 55.4 Å². The SMILES string of the molecule is CO[CH-][C@@H]1[C@H]2CCCC2CN1C(=O)C(NC(=O)[C@@H](NC(=O)C1(NC(=O)OC)CC1NC(=O)OC)C1CCCCC1)C(C)(C)C.[CH2-]C.[U+2]. The van der Waals surface area contributed by atoms with E-state index in [4.69, 9.17) is 9.47 Å². The van der Waals surface area contributed by atoms with Crippen molar-refractivity contribution in [1.29, 1.82) is 0 Å². The van der Waals surface area contributed by atoms with Gasteiger partial charge in [0.25, 0.3) is 0 Å². The Morgan fingerprint density at radius 1 is 0.894 bits per heavy atom. The van der Waals surface area contributed by atoms with E-state index in [9.17, 15) is 24.0 Å². The maximum absolute atomic E-state index is 14.2. The van der Waals surface area contributed by atoms with Crippen molar-refractivity contribution in [3.05, 3.63) is 13.5 Å². The molecule has 0 bridgehead atoms. The molecule has 4 rings (SSSR count). The molecule has 5 amide bonds. The van der Waals surface area contributed by atoms with Crippen LogP contribution in [0.5, 0.6) is 0 Å². The van der Waals surface area contributed by atoms with Crippen LogP contribution >= 0.6 is 0 Å². The Labute approximate surface area is 303 Å². The minimum absolute atomic E-state index is 0. The number of nitrogens with one attached hydrogen (secondary N) is 4. The van der Waals surface area contributed by atoms with Crippen molar-refractivity contribution < 1.29 is 69.3 Å². The summed E-state index contributed by atoms with van der Waals surface area (Å²) in [5.41, 5.74) is -2.13. The number of hydrogen-bond donors (Lipinski definition) is 4.